The van der Waals surface area contributed by atoms with Gasteiger partial charge in [-0.05, 0) is 40.0 Å². The SMILES string of the molecule is C=CC(C)C(NC(=N)N)C(=O)O.C=CCCCCCC1C(=O)C1C(=O)OC(C)(C)C.[2H]C([2H])[2H]. The summed E-state index contributed by atoms with van der Waals surface area (Å²) in [6.45, 7) is 14.3. The number of ketones is 1. The van der Waals surface area contributed by atoms with Crippen LogP contribution >= 0.6 is 0 Å². The quantitative estimate of drug-likeness (QED) is 0.0954. The molecule has 0 aliphatic heterocycles. The zero-order chi connectivity index (χ0) is 27.1. The number of hydrogen-bond donors (Lipinski definition) is 4. The van der Waals surface area contributed by atoms with Crippen molar-refractivity contribution in [3.63, 3.8) is 0 Å². The molecule has 0 heterocycles. The Hall–Kier alpha value is -2.64. The number of carbonyl (C=O) groups excluding carboxylic acids is 2. The van der Waals surface area contributed by atoms with Crippen molar-refractivity contribution >= 4 is 23.7 Å². The minimum atomic E-state index is -1.42. The fourth-order valence-corrected chi connectivity index (χ4v) is 2.80. The second-order valence-electron chi connectivity index (χ2n) is 8.42. The number of carbonyl (C=O) groups is 3. The van der Waals surface area contributed by atoms with Crippen LogP contribution in [0.1, 0.15) is 71.3 Å². The number of carboxylic acid groups (broad SMARTS) is 1. The zero-order valence-corrected chi connectivity index (χ0v) is 19.1. The highest BCUT2D eigenvalue weighted by molar-refractivity contribution is 6.14. The molecule has 8 nitrogen and oxygen atoms in total. The molecule has 0 amide bonds. The average molecular weight is 443 g/mol. The Morgan fingerprint density at radius 1 is 1.39 bits per heavy atom. The normalized spacial score (nSPS) is 20.0. The third kappa shape index (κ3) is 12.6. The molecular weight excluding hydrogens is 398 g/mol. The predicted molar refractivity (Wildman–Crippen MR) is 124 cm³/mol. The molecule has 4 atom stereocenters. The van der Waals surface area contributed by atoms with E-state index in [1.165, 1.54) is 6.08 Å². The molecule has 1 aliphatic carbocycles. The molecule has 0 aromatic carbocycles. The maximum absolute atomic E-state index is 11.7. The van der Waals surface area contributed by atoms with Crippen LogP contribution in [0.15, 0.2) is 25.3 Å². The number of rotatable bonds is 11. The van der Waals surface area contributed by atoms with E-state index in [2.05, 4.69) is 18.5 Å². The molecule has 0 bridgehead atoms. The van der Waals surface area contributed by atoms with Crippen LogP contribution in [0, 0.1) is 23.2 Å². The molecule has 0 spiro atoms. The molecule has 1 fully saturated rings. The van der Waals surface area contributed by atoms with Crippen molar-refractivity contribution < 1.29 is 28.3 Å². The van der Waals surface area contributed by atoms with Gasteiger partial charge in [0.25, 0.3) is 0 Å². The third-order valence-electron chi connectivity index (χ3n) is 4.52. The van der Waals surface area contributed by atoms with Gasteiger partial charge in [0.05, 0.1) is 0 Å². The first-order valence-electron chi connectivity index (χ1n) is 11.9. The summed E-state index contributed by atoms with van der Waals surface area (Å²) in [4.78, 5) is 33.8. The van der Waals surface area contributed by atoms with Gasteiger partial charge in [-0.15, -0.1) is 13.2 Å². The van der Waals surface area contributed by atoms with Crippen LogP contribution in [0.4, 0.5) is 0 Å². The van der Waals surface area contributed by atoms with E-state index in [9.17, 15) is 14.4 Å². The molecule has 0 aromatic heterocycles. The van der Waals surface area contributed by atoms with Gasteiger partial charge in [-0.1, -0.05) is 39.3 Å². The van der Waals surface area contributed by atoms with Gasteiger partial charge in [-0.25, -0.2) is 4.79 Å². The fourth-order valence-electron chi connectivity index (χ4n) is 2.80. The van der Waals surface area contributed by atoms with Crippen molar-refractivity contribution in [1.29, 1.82) is 5.41 Å². The summed E-state index contributed by atoms with van der Waals surface area (Å²) in [6, 6.07) is -0.875. The van der Waals surface area contributed by atoms with E-state index in [0.29, 0.717) is 0 Å². The summed E-state index contributed by atoms with van der Waals surface area (Å²) in [7, 11) is -1.42. The largest absolute Gasteiger partial charge is 0.480 e. The van der Waals surface area contributed by atoms with Crippen molar-refractivity contribution in [2.45, 2.75) is 78.8 Å². The molecule has 1 saturated carbocycles. The lowest BCUT2D eigenvalue weighted by Crippen LogP contribution is -2.47. The lowest BCUT2D eigenvalue weighted by molar-refractivity contribution is -0.157. The Bertz CT molecular complexity index is 693. The van der Waals surface area contributed by atoms with E-state index >= 15 is 0 Å². The van der Waals surface area contributed by atoms with Crippen LogP contribution in [0.5, 0.6) is 0 Å². The topological polar surface area (TPSA) is 143 Å². The van der Waals surface area contributed by atoms with Crippen LogP contribution in [-0.2, 0) is 19.1 Å². The van der Waals surface area contributed by atoms with Crippen LogP contribution in [0.25, 0.3) is 0 Å². The van der Waals surface area contributed by atoms with Gasteiger partial charge in [0.15, 0.2) is 11.7 Å². The Kier molecular flexibility index (Phi) is 11.4. The van der Waals surface area contributed by atoms with E-state index in [1.807, 2.05) is 26.8 Å². The molecule has 0 aromatic rings. The number of nitrogens with two attached hydrogens (primary N) is 1. The van der Waals surface area contributed by atoms with Gasteiger partial charge >= 0.3 is 11.9 Å². The number of nitrogens with one attached hydrogen (secondary N) is 2. The second-order valence-corrected chi connectivity index (χ2v) is 8.42. The van der Waals surface area contributed by atoms with Crippen molar-refractivity contribution in [2.75, 3.05) is 0 Å². The number of unbranched alkanes of at least 4 members (excludes halogenated alkanes) is 3. The lowest BCUT2D eigenvalue weighted by Gasteiger charge is -2.19. The summed E-state index contributed by atoms with van der Waals surface area (Å²) < 4.78 is 23.0. The summed E-state index contributed by atoms with van der Waals surface area (Å²) >= 11 is 0. The molecule has 0 saturated heterocycles. The highest BCUT2D eigenvalue weighted by Crippen LogP contribution is 2.39. The molecule has 5 N–H and O–H groups in total. The Morgan fingerprint density at radius 3 is 2.39 bits per heavy atom. The average Bonchev–Trinajstić information content (AvgIpc) is 3.33. The molecular formula is C23H41N3O5. The maximum atomic E-state index is 11.7. The van der Waals surface area contributed by atoms with Crippen LogP contribution in [-0.4, -0.2) is 40.4 Å². The van der Waals surface area contributed by atoms with Crippen LogP contribution in [0.2, 0.25) is 0 Å². The van der Waals surface area contributed by atoms with Gasteiger partial charge in [-0.3, -0.25) is 15.0 Å². The minimum Gasteiger partial charge on any atom is -0.480 e. The Balaban J connectivity index is 0. The van der Waals surface area contributed by atoms with Crippen molar-refractivity contribution in [3.8, 4) is 0 Å². The molecule has 8 heteroatoms. The standard InChI is InChI=1S/C15H24O3.C7H13N3O2.CH4/c1-5-6-7-8-9-10-11-12(13(11)16)14(17)18-15(2,3)4;1-3-4(2)5(6(11)12)10-7(8)9;/h5,11-12H,1,6-10H2,2-4H3;3-5H,1H2,2H3,(H,11,12)(H4,8,9,10);1H4/i;;1D3. The highest BCUT2D eigenvalue weighted by Gasteiger charge is 2.55. The monoisotopic (exact) mass is 442 g/mol. The molecule has 4 unspecified atom stereocenters. The van der Waals surface area contributed by atoms with Crippen molar-refractivity contribution in [1.82, 2.24) is 5.32 Å². The number of guanidine groups is 1. The van der Waals surface area contributed by atoms with E-state index in [0.717, 1.165) is 32.1 Å². The van der Waals surface area contributed by atoms with Crippen LogP contribution in [0.3, 0.4) is 0 Å². The first-order chi connectivity index (χ1) is 15.6. The van der Waals surface area contributed by atoms with Gasteiger partial charge < -0.3 is 20.9 Å². The van der Waals surface area contributed by atoms with Gasteiger partial charge in [-0.2, -0.15) is 0 Å². The highest BCUT2D eigenvalue weighted by atomic mass is 16.6. The summed E-state index contributed by atoms with van der Waals surface area (Å²) in [6.07, 6.45) is 8.45. The lowest BCUT2D eigenvalue weighted by atomic mass is 10.0. The van der Waals surface area contributed by atoms with Crippen molar-refractivity contribution in [2.24, 2.45) is 23.5 Å². The first-order valence-corrected chi connectivity index (χ1v) is 10.2. The smallest absolute Gasteiger partial charge is 0.326 e. The molecule has 178 valence electrons. The van der Waals surface area contributed by atoms with Crippen LogP contribution < -0.4 is 11.1 Å². The summed E-state index contributed by atoms with van der Waals surface area (Å²) in [5, 5.41) is 17.8. The van der Waals surface area contributed by atoms with Gasteiger partial charge in [0.1, 0.15) is 17.6 Å². The van der Waals surface area contributed by atoms with Crippen molar-refractivity contribution in [3.05, 3.63) is 25.3 Å². The van der Waals surface area contributed by atoms with E-state index < -0.39 is 30.9 Å². The first kappa shape index (κ1) is 24.6. The summed E-state index contributed by atoms with van der Waals surface area (Å²) in [5.41, 5.74) is 4.49. The Morgan fingerprint density at radius 2 is 1.97 bits per heavy atom. The van der Waals surface area contributed by atoms with Gasteiger partial charge in [0.2, 0.25) is 0 Å². The maximum Gasteiger partial charge on any atom is 0.326 e. The number of ether oxygens (including phenoxy) is 1. The van der Waals surface area contributed by atoms with E-state index in [4.69, 9.17) is 25.1 Å². The number of esters is 1. The number of carboxylic acids is 1. The molecule has 1 aliphatic rings. The predicted octanol–water partition coefficient (Wildman–Crippen LogP) is 3.66. The molecule has 0 radical (unpaired) electrons. The minimum absolute atomic E-state index is 0.0629. The second kappa shape index (κ2) is 14.4. The summed E-state index contributed by atoms with van der Waals surface area (Å²) in [5.74, 6) is -2.51. The Labute approximate surface area is 191 Å². The number of allylic oxidation sites excluding steroid dienone is 1. The molecule has 1 rings (SSSR count). The fraction of sp³-hybridized carbons (Fsp3) is 0.652. The third-order valence-corrected chi connectivity index (χ3v) is 4.52. The van der Waals surface area contributed by atoms with E-state index in [-0.39, 0.29) is 29.5 Å². The van der Waals surface area contributed by atoms with Gasteiger partial charge in [0, 0.05) is 15.9 Å². The number of aliphatic carboxylic acids is 1. The number of hydrogen-bond acceptors (Lipinski definition) is 5. The molecule has 31 heavy (non-hydrogen) atoms. The zero-order valence-electron chi connectivity index (χ0n) is 22.1. The number of Topliss-reactive ketones (excluding diaryl/α,β-unsaturated/α-hetero) is 1. The van der Waals surface area contributed by atoms with E-state index in [1.54, 1.807) is 6.92 Å².